The van der Waals surface area contributed by atoms with Gasteiger partial charge in [0.2, 0.25) is 5.91 Å². The van der Waals surface area contributed by atoms with Crippen molar-refractivity contribution < 1.29 is 18.7 Å². The number of fused-ring (bicyclic) bond motifs is 5. The van der Waals surface area contributed by atoms with E-state index in [2.05, 4.69) is 10.3 Å². The van der Waals surface area contributed by atoms with Gasteiger partial charge in [0.1, 0.15) is 27.5 Å². The van der Waals surface area contributed by atoms with Gasteiger partial charge in [0.25, 0.3) is 5.56 Å². The van der Waals surface area contributed by atoms with Gasteiger partial charge in [-0.1, -0.05) is 12.1 Å². The van der Waals surface area contributed by atoms with Crippen LogP contribution >= 0.6 is 11.3 Å². The normalized spacial score (nSPS) is 14.6. The molecule has 4 aromatic heterocycles. The summed E-state index contributed by atoms with van der Waals surface area (Å²) in [6.45, 7) is 4.30. The summed E-state index contributed by atoms with van der Waals surface area (Å²) >= 11 is 1.28. The smallest absolute Gasteiger partial charge is 0.271 e. The molecule has 0 saturated carbocycles. The fourth-order valence-corrected chi connectivity index (χ4v) is 5.83. The second-order valence-electron chi connectivity index (χ2n) is 9.51. The number of hydrogen-bond donors (Lipinski definition) is 1. The Morgan fingerprint density at radius 2 is 2.05 bits per heavy atom. The number of hydrogen-bond acceptors (Lipinski definition) is 8. The molecule has 9 nitrogen and oxygen atoms in total. The molecule has 10 heteroatoms. The first kappa shape index (κ1) is 23.4. The molecule has 0 radical (unpaired) electrons. The highest BCUT2D eigenvalue weighted by Crippen LogP contribution is 2.42. The van der Waals surface area contributed by atoms with E-state index in [4.69, 9.17) is 18.9 Å². The van der Waals surface area contributed by atoms with Gasteiger partial charge in [-0.3, -0.25) is 14.2 Å². The van der Waals surface area contributed by atoms with Crippen LogP contribution in [0.4, 0.5) is 5.69 Å². The number of para-hydroxylation sites is 2. The zero-order valence-electron chi connectivity index (χ0n) is 20.5. The first-order chi connectivity index (χ1) is 17.8. The predicted octanol–water partition coefficient (Wildman–Crippen LogP) is 4.76. The zero-order chi connectivity index (χ0) is 25.7. The van der Waals surface area contributed by atoms with E-state index < -0.39 is 0 Å². The Labute approximate surface area is 215 Å². The molecular weight excluding hydrogens is 492 g/mol. The first-order valence-corrected chi connectivity index (χ1v) is 12.6. The molecular formula is C27H24N4O5S. The molecule has 0 unspecified atom stereocenters. The van der Waals surface area contributed by atoms with E-state index in [-0.39, 0.29) is 23.6 Å². The molecule has 1 aromatic carbocycles. The molecule has 0 saturated heterocycles. The van der Waals surface area contributed by atoms with Crippen LogP contribution in [0.2, 0.25) is 0 Å². The third-order valence-electron chi connectivity index (χ3n) is 6.47. The Morgan fingerprint density at radius 3 is 2.84 bits per heavy atom. The average molecular weight is 517 g/mol. The maximum atomic E-state index is 13.5. The second kappa shape index (κ2) is 8.82. The molecule has 0 fully saturated rings. The Kier molecular flexibility index (Phi) is 5.58. The van der Waals surface area contributed by atoms with Gasteiger partial charge in [0.05, 0.1) is 43.1 Å². The Bertz CT molecular complexity index is 1720. The molecule has 37 heavy (non-hydrogen) atoms. The van der Waals surface area contributed by atoms with Crippen molar-refractivity contribution in [2.24, 2.45) is 0 Å². The number of furan rings is 1. The topological polar surface area (TPSA) is 108 Å². The number of pyridine rings is 1. The summed E-state index contributed by atoms with van der Waals surface area (Å²) in [6, 6.07) is 10.8. The summed E-state index contributed by atoms with van der Waals surface area (Å²) in [4.78, 5) is 36.5. The van der Waals surface area contributed by atoms with Crippen molar-refractivity contribution in [2.75, 3.05) is 12.4 Å². The van der Waals surface area contributed by atoms with E-state index in [9.17, 15) is 9.59 Å². The highest BCUT2D eigenvalue weighted by atomic mass is 32.1. The summed E-state index contributed by atoms with van der Waals surface area (Å²) in [5.41, 5.74) is 3.19. The Morgan fingerprint density at radius 1 is 1.22 bits per heavy atom. The molecule has 1 aliphatic heterocycles. The highest BCUT2D eigenvalue weighted by Gasteiger charge is 2.32. The number of benzene rings is 1. The molecule has 0 atom stereocenters. The average Bonchev–Trinajstić information content (AvgIpc) is 3.53. The number of anilines is 1. The van der Waals surface area contributed by atoms with Crippen LogP contribution < -0.4 is 15.6 Å². The highest BCUT2D eigenvalue weighted by molar-refractivity contribution is 7.25. The maximum absolute atomic E-state index is 13.5. The molecule has 5 aromatic rings. The second-order valence-corrected chi connectivity index (χ2v) is 10.5. The fraction of sp³-hybridized carbons (Fsp3) is 0.259. The van der Waals surface area contributed by atoms with Gasteiger partial charge in [-0.25, -0.2) is 9.97 Å². The number of carbonyl (C=O) groups is 1. The van der Waals surface area contributed by atoms with Crippen molar-refractivity contribution in [3.63, 3.8) is 0 Å². The molecule has 0 aliphatic carbocycles. The van der Waals surface area contributed by atoms with Gasteiger partial charge in [-0.05, 0) is 43.7 Å². The molecule has 0 bridgehead atoms. The molecule has 6 rings (SSSR count). The molecule has 5 heterocycles. The lowest BCUT2D eigenvalue weighted by molar-refractivity contribution is -0.116. The zero-order valence-corrected chi connectivity index (χ0v) is 21.3. The Balaban J connectivity index is 1.44. The molecule has 0 spiro atoms. The number of ether oxygens (including phenoxy) is 2. The number of rotatable bonds is 5. The predicted molar refractivity (Wildman–Crippen MR) is 141 cm³/mol. The summed E-state index contributed by atoms with van der Waals surface area (Å²) in [6.07, 6.45) is 3.69. The molecule has 188 valence electrons. The van der Waals surface area contributed by atoms with Crippen molar-refractivity contribution in [3.8, 4) is 17.2 Å². The van der Waals surface area contributed by atoms with Crippen LogP contribution in [0.5, 0.6) is 5.75 Å². The lowest BCUT2D eigenvalue weighted by atomic mass is 9.89. The summed E-state index contributed by atoms with van der Waals surface area (Å²) in [5, 5.41) is 3.67. The molecule has 1 aliphatic rings. The minimum Gasteiger partial charge on any atom is -0.495 e. The third kappa shape index (κ3) is 4.08. The fourth-order valence-electron chi connectivity index (χ4n) is 4.72. The minimum atomic E-state index is -0.373. The quantitative estimate of drug-likeness (QED) is 0.359. The van der Waals surface area contributed by atoms with Crippen LogP contribution in [-0.4, -0.2) is 33.2 Å². The van der Waals surface area contributed by atoms with Gasteiger partial charge >= 0.3 is 0 Å². The molecule has 1 amide bonds. The van der Waals surface area contributed by atoms with Crippen LogP contribution in [0.1, 0.15) is 25.0 Å². The third-order valence-corrected chi connectivity index (χ3v) is 7.53. The van der Waals surface area contributed by atoms with E-state index in [0.29, 0.717) is 51.0 Å². The van der Waals surface area contributed by atoms with E-state index in [1.54, 1.807) is 24.5 Å². The van der Waals surface area contributed by atoms with Crippen molar-refractivity contribution in [3.05, 3.63) is 70.5 Å². The standard InChI is InChI=1S/C27H24N4O5S/c1-27(2)11-15-16(13-36-27)22(19-9-6-10-35-19)30-25-21(15)23-24(37-25)26(33)31(14-28-23)12-20(32)29-17-7-4-5-8-18(17)34-3/h4-10,14H,11-13H2,1-3H3,(H,29,32). The van der Waals surface area contributed by atoms with Gasteiger partial charge in [-0.15, -0.1) is 11.3 Å². The van der Waals surface area contributed by atoms with Gasteiger partial charge in [0.15, 0.2) is 5.76 Å². The number of nitrogens with one attached hydrogen (secondary N) is 1. The summed E-state index contributed by atoms with van der Waals surface area (Å²) < 4.78 is 18.8. The minimum absolute atomic E-state index is 0.182. The SMILES string of the molecule is COc1ccccc1NC(=O)Cn1cnc2c(sc3nc(-c4ccco4)c4c(c32)CC(C)(C)OC4)c1=O. The molecule has 1 N–H and O–H groups in total. The van der Waals surface area contributed by atoms with Crippen molar-refractivity contribution in [2.45, 2.75) is 39.0 Å². The summed E-state index contributed by atoms with van der Waals surface area (Å²) in [7, 11) is 1.53. The number of carbonyl (C=O) groups excluding carboxylic acids is 1. The van der Waals surface area contributed by atoms with Crippen molar-refractivity contribution >= 4 is 43.4 Å². The van der Waals surface area contributed by atoms with E-state index in [1.807, 2.05) is 32.0 Å². The van der Waals surface area contributed by atoms with Crippen LogP contribution in [0.15, 0.2) is 58.2 Å². The van der Waals surface area contributed by atoms with Crippen LogP contribution in [0.25, 0.3) is 31.9 Å². The monoisotopic (exact) mass is 516 g/mol. The Hall–Kier alpha value is -4.02. The summed E-state index contributed by atoms with van der Waals surface area (Å²) in [5.74, 6) is 0.831. The van der Waals surface area contributed by atoms with Crippen molar-refractivity contribution in [1.29, 1.82) is 0 Å². The number of methoxy groups -OCH3 is 1. The van der Waals surface area contributed by atoms with Gasteiger partial charge < -0.3 is 19.2 Å². The number of thiophene rings is 1. The lowest BCUT2D eigenvalue weighted by Crippen LogP contribution is -2.32. The van der Waals surface area contributed by atoms with E-state index >= 15 is 0 Å². The van der Waals surface area contributed by atoms with Crippen LogP contribution in [0, 0.1) is 0 Å². The van der Waals surface area contributed by atoms with Crippen LogP contribution in [0.3, 0.4) is 0 Å². The number of aromatic nitrogens is 3. The largest absolute Gasteiger partial charge is 0.495 e. The number of nitrogens with zero attached hydrogens (tertiary/aromatic N) is 3. The van der Waals surface area contributed by atoms with E-state index in [0.717, 1.165) is 16.5 Å². The van der Waals surface area contributed by atoms with E-state index in [1.165, 1.54) is 29.3 Å². The van der Waals surface area contributed by atoms with Gasteiger partial charge in [0, 0.05) is 17.4 Å². The van der Waals surface area contributed by atoms with Gasteiger partial charge in [-0.2, -0.15) is 0 Å². The van der Waals surface area contributed by atoms with Crippen molar-refractivity contribution in [1.82, 2.24) is 14.5 Å². The maximum Gasteiger partial charge on any atom is 0.271 e. The number of amides is 1. The first-order valence-electron chi connectivity index (χ1n) is 11.8. The lowest BCUT2D eigenvalue weighted by Gasteiger charge is -2.32. The van der Waals surface area contributed by atoms with Crippen LogP contribution in [-0.2, 0) is 29.1 Å².